The molecule has 1 saturated heterocycles. The number of hydrogen-bond acceptors (Lipinski definition) is 3. The van der Waals surface area contributed by atoms with Crippen LogP contribution in [0.1, 0.15) is 62.4 Å². The van der Waals surface area contributed by atoms with Gasteiger partial charge in [-0.1, -0.05) is 38.8 Å². The summed E-state index contributed by atoms with van der Waals surface area (Å²) in [5.41, 5.74) is 1.89. The lowest BCUT2D eigenvalue weighted by atomic mass is 10.0. The number of rotatable bonds is 9. The highest BCUT2D eigenvalue weighted by Gasteiger charge is 2.22. The summed E-state index contributed by atoms with van der Waals surface area (Å²) in [6.45, 7) is 11.6. The van der Waals surface area contributed by atoms with Crippen molar-refractivity contribution < 1.29 is 4.79 Å². The number of nitrogens with one attached hydrogen (secondary N) is 2. The molecule has 0 aromatic heterocycles. The fourth-order valence-electron chi connectivity index (χ4n) is 4.14. The Kier molecular flexibility index (Phi) is 13.9. The van der Waals surface area contributed by atoms with Crippen LogP contribution in [0.5, 0.6) is 0 Å². The number of guanidine groups is 1. The third-order valence-corrected chi connectivity index (χ3v) is 5.95. The quantitative estimate of drug-likeness (QED) is 0.274. The number of carbonyl (C=O) groups excluding carboxylic acids is 1. The molecule has 32 heavy (non-hydrogen) atoms. The van der Waals surface area contributed by atoms with Crippen molar-refractivity contribution in [2.75, 3.05) is 46.8 Å². The van der Waals surface area contributed by atoms with E-state index in [1.807, 2.05) is 18.2 Å². The molecule has 1 fully saturated rings. The molecule has 0 saturated carbocycles. The lowest BCUT2D eigenvalue weighted by Crippen LogP contribution is -2.44. The summed E-state index contributed by atoms with van der Waals surface area (Å²) in [5, 5.41) is 6.86. The van der Waals surface area contributed by atoms with E-state index in [9.17, 15) is 4.79 Å². The van der Waals surface area contributed by atoms with Gasteiger partial charge in [0.25, 0.3) is 5.91 Å². The van der Waals surface area contributed by atoms with Crippen molar-refractivity contribution in [3.05, 3.63) is 35.4 Å². The maximum absolute atomic E-state index is 12.2. The van der Waals surface area contributed by atoms with Gasteiger partial charge in [0.05, 0.1) is 6.54 Å². The predicted molar refractivity (Wildman–Crippen MR) is 146 cm³/mol. The molecule has 182 valence electrons. The van der Waals surface area contributed by atoms with Crippen LogP contribution in [0.2, 0.25) is 0 Å². The molecule has 0 spiro atoms. The minimum Gasteiger partial charge on any atom is -0.357 e. The van der Waals surface area contributed by atoms with E-state index < -0.39 is 0 Å². The highest BCUT2D eigenvalue weighted by Crippen LogP contribution is 2.17. The Labute approximate surface area is 212 Å². The average Bonchev–Trinajstić information content (AvgIpc) is 3.02. The van der Waals surface area contributed by atoms with Crippen LogP contribution in [0, 0.1) is 5.92 Å². The van der Waals surface area contributed by atoms with E-state index in [0.29, 0.717) is 12.0 Å². The Morgan fingerprint density at radius 2 is 1.81 bits per heavy atom. The van der Waals surface area contributed by atoms with Gasteiger partial charge < -0.3 is 15.5 Å². The van der Waals surface area contributed by atoms with Crippen molar-refractivity contribution in [1.29, 1.82) is 0 Å². The first-order chi connectivity index (χ1) is 14.9. The molecular weight excluding hydrogens is 513 g/mol. The van der Waals surface area contributed by atoms with E-state index in [0.717, 1.165) is 43.1 Å². The van der Waals surface area contributed by atoms with Crippen molar-refractivity contribution in [3.63, 3.8) is 0 Å². The van der Waals surface area contributed by atoms with Gasteiger partial charge in [-0.05, 0) is 62.9 Å². The lowest BCUT2D eigenvalue weighted by molar-refractivity contribution is 0.0827. The summed E-state index contributed by atoms with van der Waals surface area (Å²) < 4.78 is 0. The van der Waals surface area contributed by atoms with Gasteiger partial charge in [-0.25, -0.2) is 0 Å². The highest BCUT2D eigenvalue weighted by atomic mass is 127. The van der Waals surface area contributed by atoms with E-state index in [-0.39, 0.29) is 29.9 Å². The Hall–Kier alpha value is -1.35. The standard InChI is InChI=1S/C25H43N5O.HI/c1-6-26-25(28-19-23(20(2)3)30-16-9-7-8-10-17-30)27-15-14-21-12-11-13-22(18-21)24(31)29(4)5;/h11-13,18,20,23H,6-10,14-17,19H2,1-5H3,(H2,26,27,28);1H. The number of halogens is 1. The fraction of sp³-hybridized carbons (Fsp3) is 0.680. The van der Waals surface area contributed by atoms with E-state index in [1.54, 1.807) is 19.0 Å². The molecule has 1 atom stereocenters. The van der Waals surface area contributed by atoms with E-state index in [2.05, 4.69) is 42.4 Å². The van der Waals surface area contributed by atoms with Crippen LogP contribution in [0.3, 0.4) is 0 Å². The first kappa shape index (κ1) is 28.7. The monoisotopic (exact) mass is 557 g/mol. The third kappa shape index (κ3) is 9.65. The Balaban J connectivity index is 0.00000512. The number of likely N-dealkylation sites (tertiary alicyclic amines) is 1. The average molecular weight is 558 g/mol. The summed E-state index contributed by atoms with van der Waals surface area (Å²) >= 11 is 0. The summed E-state index contributed by atoms with van der Waals surface area (Å²) in [6.07, 6.45) is 6.17. The van der Waals surface area contributed by atoms with Gasteiger partial charge in [-0.15, -0.1) is 24.0 Å². The van der Waals surface area contributed by atoms with Crippen LogP contribution in [-0.4, -0.2) is 74.5 Å². The van der Waals surface area contributed by atoms with Gasteiger partial charge in [-0.2, -0.15) is 0 Å². The smallest absolute Gasteiger partial charge is 0.253 e. The number of aliphatic imine (C=N–C) groups is 1. The molecule has 1 aromatic carbocycles. The molecule has 7 heteroatoms. The maximum Gasteiger partial charge on any atom is 0.253 e. The van der Waals surface area contributed by atoms with Crippen LogP contribution >= 0.6 is 24.0 Å². The van der Waals surface area contributed by atoms with Crippen LogP contribution in [0.4, 0.5) is 0 Å². The van der Waals surface area contributed by atoms with Gasteiger partial charge in [-0.3, -0.25) is 14.7 Å². The number of nitrogens with zero attached hydrogens (tertiary/aromatic N) is 3. The van der Waals surface area contributed by atoms with Crippen LogP contribution in [0.15, 0.2) is 29.3 Å². The predicted octanol–water partition coefficient (Wildman–Crippen LogP) is 4.00. The van der Waals surface area contributed by atoms with E-state index in [1.165, 1.54) is 38.8 Å². The normalized spacial score (nSPS) is 16.1. The second kappa shape index (κ2) is 15.5. The number of carbonyl (C=O) groups is 1. The molecular formula is C25H44IN5O. The number of amides is 1. The fourth-order valence-corrected chi connectivity index (χ4v) is 4.14. The topological polar surface area (TPSA) is 60.0 Å². The molecule has 1 aliphatic rings. The summed E-state index contributed by atoms with van der Waals surface area (Å²) in [6, 6.07) is 8.39. The number of benzene rings is 1. The summed E-state index contributed by atoms with van der Waals surface area (Å²) in [4.78, 5) is 21.4. The second-order valence-electron chi connectivity index (χ2n) is 9.06. The molecule has 1 aromatic rings. The van der Waals surface area contributed by atoms with Gasteiger partial charge in [0, 0.05) is 38.8 Å². The molecule has 0 aliphatic carbocycles. The van der Waals surface area contributed by atoms with Crippen LogP contribution in [0.25, 0.3) is 0 Å². The summed E-state index contributed by atoms with van der Waals surface area (Å²) in [7, 11) is 3.57. The largest absolute Gasteiger partial charge is 0.357 e. The zero-order valence-electron chi connectivity index (χ0n) is 20.7. The van der Waals surface area contributed by atoms with Crippen molar-refractivity contribution in [2.24, 2.45) is 10.9 Å². The third-order valence-electron chi connectivity index (χ3n) is 5.95. The summed E-state index contributed by atoms with van der Waals surface area (Å²) in [5.74, 6) is 1.50. The van der Waals surface area contributed by atoms with Crippen molar-refractivity contribution in [1.82, 2.24) is 20.4 Å². The maximum atomic E-state index is 12.2. The molecule has 6 nitrogen and oxygen atoms in total. The lowest BCUT2D eigenvalue weighted by Gasteiger charge is -2.32. The zero-order chi connectivity index (χ0) is 22.6. The molecule has 1 unspecified atom stereocenters. The first-order valence-electron chi connectivity index (χ1n) is 12.0. The first-order valence-corrected chi connectivity index (χ1v) is 12.0. The van der Waals surface area contributed by atoms with E-state index in [4.69, 9.17) is 4.99 Å². The Morgan fingerprint density at radius 3 is 2.41 bits per heavy atom. The molecule has 1 aliphatic heterocycles. The van der Waals surface area contributed by atoms with E-state index >= 15 is 0 Å². The van der Waals surface area contributed by atoms with Gasteiger partial charge in [0.2, 0.25) is 0 Å². The minimum atomic E-state index is 0. The van der Waals surface area contributed by atoms with Crippen molar-refractivity contribution in [3.8, 4) is 0 Å². The Bertz CT molecular complexity index is 699. The SMILES string of the molecule is CCNC(=NCC(C(C)C)N1CCCCCC1)NCCc1cccc(C(=O)N(C)C)c1.I. The van der Waals surface area contributed by atoms with Gasteiger partial charge in [0.15, 0.2) is 5.96 Å². The molecule has 2 rings (SSSR count). The van der Waals surface area contributed by atoms with Crippen LogP contribution in [-0.2, 0) is 6.42 Å². The molecule has 0 bridgehead atoms. The zero-order valence-corrected chi connectivity index (χ0v) is 23.0. The number of hydrogen-bond donors (Lipinski definition) is 2. The highest BCUT2D eigenvalue weighted by molar-refractivity contribution is 14.0. The van der Waals surface area contributed by atoms with Gasteiger partial charge >= 0.3 is 0 Å². The molecule has 1 heterocycles. The molecule has 0 radical (unpaired) electrons. The molecule has 2 N–H and O–H groups in total. The minimum absolute atomic E-state index is 0. The van der Waals surface area contributed by atoms with Gasteiger partial charge in [0.1, 0.15) is 0 Å². The molecule has 1 amide bonds. The Morgan fingerprint density at radius 1 is 1.12 bits per heavy atom. The second-order valence-corrected chi connectivity index (χ2v) is 9.06. The van der Waals surface area contributed by atoms with Crippen molar-refractivity contribution >= 4 is 35.8 Å². The van der Waals surface area contributed by atoms with Crippen molar-refractivity contribution in [2.45, 2.75) is 58.9 Å². The van der Waals surface area contributed by atoms with Crippen LogP contribution < -0.4 is 10.6 Å².